The average molecular weight is 261 g/mol. The summed E-state index contributed by atoms with van der Waals surface area (Å²) in [5.41, 5.74) is 1.36. The summed E-state index contributed by atoms with van der Waals surface area (Å²) in [4.78, 5) is 0. The molecule has 90 valence electrons. The van der Waals surface area contributed by atoms with Gasteiger partial charge in [-0.05, 0) is 6.92 Å². The molecule has 0 N–H and O–H groups in total. The monoisotopic (exact) mass is 260 g/mol. The van der Waals surface area contributed by atoms with Crippen LogP contribution in [0.4, 0.5) is 0 Å². The Morgan fingerprint density at radius 2 is 1.56 bits per heavy atom. The maximum absolute atomic E-state index is 5.91. The molecule has 0 spiro atoms. The smallest absolute Gasteiger partial charge is 0.104 e. The van der Waals surface area contributed by atoms with Crippen molar-refractivity contribution in [3.63, 3.8) is 0 Å². The molecule has 0 amide bonds. The fourth-order valence-corrected chi connectivity index (χ4v) is 2.74. The number of quaternary nitrogens is 1. The van der Waals surface area contributed by atoms with Gasteiger partial charge in [0.25, 0.3) is 0 Å². The van der Waals surface area contributed by atoms with Crippen molar-refractivity contribution in [1.82, 2.24) is 0 Å². The van der Waals surface area contributed by atoms with E-state index in [1.165, 1.54) is 5.56 Å². The normalized spacial score (nSPS) is 11.7. The Hall–Kier alpha value is -0.240. The predicted octanol–water partition coefficient (Wildman–Crippen LogP) is 3.50. The van der Waals surface area contributed by atoms with Crippen LogP contribution in [0.3, 0.4) is 0 Å². The first-order chi connectivity index (χ1) is 7.76. The minimum Gasteiger partial charge on any atom is -0.318 e. The first-order valence-electron chi connectivity index (χ1n) is 5.77. The van der Waals surface area contributed by atoms with E-state index in [1.54, 1.807) is 0 Å². The standard InChI is InChI=1S/C13H20Cl2N/c1-2-16(10-8-14,11-9-15)12-13-6-4-3-5-7-13/h3-7H,2,8-12H2,1H3/q+1. The summed E-state index contributed by atoms with van der Waals surface area (Å²) < 4.78 is 0.983. The number of nitrogens with zero attached hydrogens (tertiary/aromatic N) is 1. The predicted molar refractivity (Wildman–Crippen MR) is 72.1 cm³/mol. The topological polar surface area (TPSA) is 0 Å². The molecule has 0 unspecified atom stereocenters. The van der Waals surface area contributed by atoms with Crippen molar-refractivity contribution in [3.05, 3.63) is 35.9 Å². The zero-order valence-electron chi connectivity index (χ0n) is 9.83. The summed E-state index contributed by atoms with van der Waals surface area (Å²) in [5, 5.41) is 0. The van der Waals surface area contributed by atoms with Crippen LogP contribution in [-0.2, 0) is 6.54 Å². The Morgan fingerprint density at radius 1 is 1.00 bits per heavy atom. The maximum atomic E-state index is 5.91. The minimum atomic E-state index is 0.692. The third kappa shape index (κ3) is 3.97. The molecule has 0 saturated carbocycles. The van der Waals surface area contributed by atoms with Gasteiger partial charge in [0.1, 0.15) is 6.54 Å². The summed E-state index contributed by atoms with van der Waals surface area (Å²) in [6, 6.07) is 10.6. The van der Waals surface area contributed by atoms with E-state index in [4.69, 9.17) is 23.2 Å². The van der Waals surface area contributed by atoms with Gasteiger partial charge >= 0.3 is 0 Å². The van der Waals surface area contributed by atoms with Crippen molar-refractivity contribution in [2.45, 2.75) is 13.5 Å². The lowest BCUT2D eigenvalue weighted by atomic mass is 10.2. The first-order valence-corrected chi connectivity index (χ1v) is 6.84. The molecule has 0 fully saturated rings. The van der Waals surface area contributed by atoms with Crippen molar-refractivity contribution in [2.24, 2.45) is 0 Å². The molecule has 0 bridgehead atoms. The Bertz CT molecular complexity index is 281. The number of halogens is 2. The highest BCUT2D eigenvalue weighted by Gasteiger charge is 2.24. The van der Waals surface area contributed by atoms with Gasteiger partial charge in [0, 0.05) is 5.56 Å². The average Bonchev–Trinajstić information content (AvgIpc) is 2.31. The summed E-state index contributed by atoms with van der Waals surface area (Å²) in [5.74, 6) is 1.38. The van der Waals surface area contributed by atoms with Crippen molar-refractivity contribution < 1.29 is 4.48 Å². The fraction of sp³-hybridized carbons (Fsp3) is 0.538. The molecule has 0 aromatic heterocycles. The third-order valence-corrected chi connectivity index (χ3v) is 3.49. The number of hydrogen-bond acceptors (Lipinski definition) is 0. The molecule has 1 nitrogen and oxygen atoms in total. The highest BCUT2D eigenvalue weighted by Crippen LogP contribution is 2.15. The van der Waals surface area contributed by atoms with Gasteiger partial charge in [-0.25, -0.2) is 0 Å². The van der Waals surface area contributed by atoms with Crippen LogP contribution < -0.4 is 0 Å². The first kappa shape index (κ1) is 13.8. The van der Waals surface area contributed by atoms with Gasteiger partial charge in [-0.2, -0.15) is 0 Å². The summed E-state index contributed by atoms with van der Waals surface area (Å²) in [6.45, 7) is 6.28. The van der Waals surface area contributed by atoms with Gasteiger partial charge in [0.2, 0.25) is 0 Å². The lowest BCUT2D eigenvalue weighted by molar-refractivity contribution is -0.935. The molecule has 1 aromatic rings. The molecule has 1 rings (SSSR count). The quantitative estimate of drug-likeness (QED) is 0.520. The molecular formula is C13H20Cl2N+. The van der Waals surface area contributed by atoms with Gasteiger partial charge in [0.05, 0.1) is 31.4 Å². The largest absolute Gasteiger partial charge is 0.318 e. The van der Waals surface area contributed by atoms with Crippen LogP contribution in [0.15, 0.2) is 30.3 Å². The van der Waals surface area contributed by atoms with Gasteiger partial charge in [0.15, 0.2) is 0 Å². The number of hydrogen-bond donors (Lipinski definition) is 0. The fourth-order valence-electron chi connectivity index (χ4n) is 2.03. The van der Waals surface area contributed by atoms with Gasteiger partial charge in [-0.1, -0.05) is 30.3 Å². The second-order valence-electron chi connectivity index (χ2n) is 4.13. The second-order valence-corrected chi connectivity index (χ2v) is 4.88. The second kappa shape index (κ2) is 7.16. The third-order valence-electron chi connectivity index (χ3n) is 3.15. The Kier molecular flexibility index (Phi) is 6.18. The van der Waals surface area contributed by atoms with E-state index >= 15 is 0 Å². The molecule has 1 aromatic carbocycles. The van der Waals surface area contributed by atoms with Gasteiger partial charge in [-0.3, -0.25) is 0 Å². The zero-order chi connectivity index (χ0) is 11.9. The van der Waals surface area contributed by atoms with Gasteiger partial charge < -0.3 is 4.48 Å². The van der Waals surface area contributed by atoms with E-state index in [1.807, 2.05) is 6.07 Å². The van der Waals surface area contributed by atoms with Crippen LogP contribution in [0.25, 0.3) is 0 Å². The van der Waals surface area contributed by atoms with Crippen LogP contribution in [-0.4, -0.2) is 35.9 Å². The van der Waals surface area contributed by atoms with E-state index in [-0.39, 0.29) is 0 Å². The Morgan fingerprint density at radius 3 is 2.00 bits per heavy atom. The molecular weight excluding hydrogens is 241 g/mol. The van der Waals surface area contributed by atoms with E-state index < -0.39 is 0 Å². The van der Waals surface area contributed by atoms with Gasteiger partial charge in [-0.15, -0.1) is 23.2 Å². The van der Waals surface area contributed by atoms with E-state index in [0.717, 1.165) is 30.7 Å². The van der Waals surface area contributed by atoms with E-state index in [2.05, 4.69) is 31.2 Å². The Labute approximate surface area is 109 Å². The van der Waals surface area contributed by atoms with Crippen molar-refractivity contribution in [2.75, 3.05) is 31.4 Å². The zero-order valence-corrected chi connectivity index (χ0v) is 11.3. The highest BCUT2D eigenvalue weighted by molar-refractivity contribution is 6.18. The van der Waals surface area contributed by atoms with Crippen LogP contribution in [0.1, 0.15) is 12.5 Å². The van der Waals surface area contributed by atoms with Crippen LogP contribution >= 0.6 is 23.2 Å². The number of alkyl halides is 2. The van der Waals surface area contributed by atoms with Crippen molar-refractivity contribution in [3.8, 4) is 0 Å². The van der Waals surface area contributed by atoms with E-state index in [0.29, 0.717) is 11.8 Å². The van der Waals surface area contributed by atoms with Crippen molar-refractivity contribution >= 4 is 23.2 Å². The summed E-state index contributed by atoms with van der Waals surface area (Å²) >= 11 is 11.8. The van der Waals surface area contributed by atoms with Crippen LogP contribution in [0.5, 0.6) is 0 Å². The van der Waals surface area contributed by atoms with Crippen LogP contribution in [0.2, 0.25) is 0 Å². The summed E-state index contributed by atoms with van der Waals surface area (Å²) in [7, 11) is 0. The van der Waals surface area contributed by atoms with Crippen molar-refractivity contribution in [1.29, 1.82) is 0 Å². The number of benzene rings is 1. The highest BCUT2D eigenvalue weighted by atomic mass is 35.5. The molecule has 0 atom stereocenters. The minimum absolute atomic E-state index is 0.692. The lowest BCUT2D eigenvalue weighted by Crippen LogP contribution is -2.49. The molecule has 0 aliphatic rings. The Balaban J connectivity index is 2.76. The molecule has 0 aliphatic heterocycles. The molecule has 0 saturated heterocycles. The molecule has 0 heterocycles. The number of rotatable bonds is 7. The molecule has 0 radical (unpaired) electrons. The molecule has 0 aliphatic carbocycles. The SMILES string of the molecule is CC[N+](CCCl)(CCCl)Cc1ccccc1. The lowest BCUT2D eigenvalue weighted by Gasteiger charge is -2.37. The van der Waals surface area contributed by atoms with E-state index in [9.17, 15) is 0 Å². The molecule has 16 heavy (non-hydrogen) atoms. The maximum Gasteiger partial charge on any atom is 0.104 e. The van der Waals surface area contributed by atoms with Crippen LogP contribution in [0, 0.1) is 0 Å². The molecule has 3 heteroatoms. The summed E-state index contributed by atoms with van der Waals surface area (Å²) in [6.07, 6.45) is 0.